The number of hydrazine groups is 1. The Labute approximate surface area is 197 Å². The van der Waals surface area contributed by atoms with Crippen molar-refractivity contribution in [1.82, 2.24) is 35.8 Å². The number of carbonyl (C=O) groups excluding carboxylic acids is 2. The molecule has 1 aliphatic heterocycles. The van der Waals surface area contributed by atoms with Gasteiger partial charge in [-0.25, -0.2) is 5.43 Å². The monoisotopic (exact) mass is 489 g/mol. The number of carbonyl (C=O) groups is 5. The lowest BCUT2D eigenvalue weighted by molar-refractivity contribution is -0.140. The molecule has 1 heterocycles. The number of hydrogen-bond acceptors (Lipinski definition) is 10. The van der Waals surface area contributed by atoms with Crippen molar-refractivity contribution in [3.8, 4) is 0 Å². The van der Waals surface area contributed by atoms with E-state index in [9.17, 15) is 39.3 Å². The quantitative estimate of drug-likeness (QED) is 0.153. The maximum absolute atomic E-state index is 12.3. The van der Waals surface area contributed by atoms with E-state index in [2.05, 4.69) is 16.2 Å². The Kier molecular flexibility index (Phi) is 13.6. The summed E-state index contributed by atoms with van der Waals surface area (Å²) < 4.78 is 0. The first kappa shape index (κ1) is 29.2. The van der Waals surface area contributed by atoms with Crippen LogP contribution in [0.5, 0.6) is 0 Å². The first-order chi connectivity index (χ1) is 16.1. The molecule has 15 nitrogen and oxygen atoms in total. The highest BCUT2D eigenvalue weighted by molar-refractivity contribution is 5.85. The smallest absolute Gasteiger partial charge is 0.317 e. The van der Waals surface area contributed by atoms with Crippen LogP contribution in [0.2, 0.25) is 0 Å². The van der Waals surface area contributed by atoms with E-state index >= 15 is 0 Å². The van der Waals surface area contributed by atoms with Crippen molar-refractivity contribution in [2.75, 3.05) is 92.1 Å². The minimum absolute atomic E-state index is 0.0558. The maximum atomic E-state index is 12.3. The molecule has 34 heavy (non-hydrogen) atoms. The Morgan fingerprint density at radius 1 is 0.588 bits per heavy atom. The predicted molar refractivity (Wildman–Crippen MR) is 119 cm³/mol. The van der Waals surface area contributed by atoms with E-state index in [1.165, 1.54) is 7.05 Å². The first-order valence-corrected chi connectivity index (χ1v) is 10.9. The zero-order valence-corrected chi connectivity index (χ0v) is 19.4. The first-order valence-electron chi connectivity index (χ1n) is 10.9. The molecule has 1 saturated heterocycles. The van der Waals surface area contributed by atoms with Gasteiger partial charge in [0.15, 0.2) is 0 Å². The highest BCUT2D eigenvalue weighted by atomic mass is 16.4. The number of amides is 2. The van der Waals surface area contributed by atoms with Crippen LogP contribution in [0.3, 0.4) is 0 Å². The van der Waals surface area contributed by atoms with E-state index in [-0.39, 0.29) is 32.7 Å². The number of aliphatic carboxylic acids is 3. The van der Waals surface area contributed by atoms with E-state index in [4.69, 9.17) is 0 Å². The van der Waals surface area contributed by atoms with Crippen LogP contribution < -0.4 is 16.2 Å². The zero-order valence-electron chi connectivity index (χ0n) is 19.4. The molecule has 1 fully saturated rings. The minimum atomic E-state index is -1.03. The van der Waals surface area contributed by atoms with Crippen molar-refractivity contribution in [3.63, 3.8) is 0 Å². The van der Waals surface area contributed by atoms with Crippen molar-refractivity contribution < 1.29 is 39.3 Å². The standard InChI is InChI=1S/C19H35N7O8/c1-20-22-15(27)10-21-16(28)11-23-2-4-24(12-17(29)30)6-8-26(14-19(33)34)9-7-25(5-3-23)13-18(31)32/h20H,2-14H2,1H3,(H,21,28)(H,22,27)(H,29,30)(H,31,32)(H,33,34). The molecule has 194 valence electrons. The molecule has 0 radical (unpaired) electrons. The van der Waals surface area contributed by atoms with E-state index in [1.54, 1.807) is 19.6 Å². The third kappa shape index (κ3) is 13.6. The second-order valence-corrected chi connectivity index (χ2v) is 7.86. The van der Waals surface area contributed by atoms with Crippen LogP contribution in [0.1, 0.15) is 0 Å². The molecule has 1 aliphatic rings. The van der Waals surface area contributed by atoms with Gasteiger partial charge in [0.25, 0.3) is 5.91 Å². The van der Waals surface area contributed by atoms with Crippen molar-refractivity contribution >= 4 is 29.7 Å². The van der Waals surface area contributed by atoms with Crippen molar-refractivity contribution in [3.05, 3.63) is 0 Å². The lowest BCUT2D eigenvalue weighted by Crippen LogP contribution is -2.50. The molecule has 0 aromatic rings. The average molecular weight is 490 g/mol. The molecule has 0 spiro atoms. The van der Waals surface area contributed by atoms with Gasteiger partial charge < -0.3 is 20.6 Å². The molecule has 0 aromatic carbocycles. The second kappa shape index (κ2) is 15.9. The molecule has 0 aromatic heterocycles. The van der Waals surface area contributed by atoms with Gasteiger partial charge in [0.1, 0.15) is 0 Å². The second-order valence-electron chi connectivity index (χ2n) is 7.86. The third-order valence-corrected chi connectivity index (χ3v) is 5.08. The summed E-state index contributed by atoms with van der Waals surface area (Å²) in [5.74, 6) is -3.90. The molecule has 0 saturated carbocycles. The van der Waals surface area contributed by atoms with Gasteiger partial charge in [0.05, 0.1) is 32.7 Å². The molecular weight excluding hydrogens is 454 g/mol. The minimum Gasteiger partial charge on any atom is -0.480 e. The lowest BCUT2D eigenvalue weighted by Gasteiger charge is -2.32. The molecule has 15 heteroatoms. The van der Waals surface area contributed by atoms with Crippen LogP contribution >= 0.6 is 0 Å². The fraction of sp³-hybridized carbons (Fsp3) is 0.737. The summed E-state index contributed by atoms with van der Waals surface area (Å²) >= 11 is 0. The van der Waals surface area contributed by atoms with Crippen molar-refractivity contribution in [2.24, 2.45) is 0 Å². The Hall–Kier alpha value is -2.85. The van der Waals surface area contributed by atoms with E-state index in [0.29, 0.717) is 52.4 Å². The van der Waals surface area contributed by atoms with Gasteiger partial charge in [-0.2, -0.15) is 0 Å². The number of hydrogen-bond donors (Lipinski definition) is 6. The fourth-order valence-electron chi connectivity index (χ4n) is 3.41. The molecule has 0 atom stereocenters. The zero-order chi connectivity index (χ0) is 25.5. The highest BCUT2D eigenvalue weighted by Gasteiger charge is 2.21. The average Bonchev–Trinajstić information content (AvgIpc) is 2.73. The Balaban J connectivity index is 2.89. The molecule has 0 bridgehead atoms. The number of carboxylic acid groups (broad SMARTS) is 3. The molecule has 2 amide bonds. The van der Waals surface area contributed by atoms with Gasteiger partial charge in [-0.1, -0.05) is 0 Å². The van der Waals surface area contributed by atoms with E-state index in [1.807, 2.05) is 0 Å². The topological polar surface area (TPSA) is 195 Å². The Morgan fingerprint density at radius 2 is 0.912 bits per heavy atom. The van der Waals surface area contributed by atoms with Crippen molar-refractivity contribution in [2.45, 2.75) is 0 Å². The van der Waals surface area contributed by atoms with Crippen LogP contribution in [0.25, 0.3) is 0 Å². The van der Waals surface area contributed by atoms with E-state index < -0.39 is 29.7 Å². The summed E-state index contributed by atoms with van der Waals surface area (Å²) in [6.07, 6.45) is 0. The lowest BCUT2D eigenvalue weighted by atomic mass is 10.3. The maximum Gasteiger partial charge on any atom is 0.317 e. The highest BCUT2D eigenvalue weighted by Crippen LogP contribution is 2.01. The van der Waals surface area contributed by atoms with Crippen LogP contribution in [0.4, 0.5) is 0 Å². The van der Waals surface area contributed by atoms with Crippen LogP contribution in [0, 0.1) is 0 Å². The summed E-state index contributed by atoms with van der Waals surface area (Å²) in [6, 6.07) is 0. The van der Waals surface area contributed by atoms with Crippen molar-refractivity contribution in [1.29, 1.82) is 0 Å². The van der Waals surface area contributed by atoms with Crippen LogP contribution in [0.15, 0.2) is 0 Å². The summed E-state index contributed by atoms with van der Waals surface area (Å²) in [5.41, 5.74) is 4.79. The SMILES string of the molecule is CNNC(=O)CNC(=O)CN1CCN(CC(=O)O)CCN(CC(=O)O)CCN(CC(=O)O)CC1. The van der Waals surface area contributed by atoms with E-state index in [0.717, 1.165) is 0 Å². The summed E-state index contributed by atoms with van der Waals surface area (Å²) in [5, 5.41) is 30.1. The van der Waals surface area contributed by atoms with Gasteiger partial charge in [0, 0.05) is 59.4 Å². The predicted octanol–water partition coefficient (Wildman–Crippen LogP) is -4.17. The van der Waals surface area contributed by atoms with Gasteiger partial charge in [-0.3, -0.25) is 49.0 Å². The van der Waals surface area contributed by atoms with Crippen LogP contribution in [-0.4, -0.2) is 157 Å². The summed E-state index contributed by atoms with van der Waals surface area (Å²) in [6.45, 7) is 1.44. The third-order valence-electron chi connectivity index (χ3n) is 5.08. The van der Waals surface area contributed by atoms with Gasteiger partial charge in [-0.15, -0.1) is 0 Å². The number of carboxylic acids is 3. The number of rotatable bonds is 11. The number of nitrogens with zero attached hydrogens (tertiary/aromatic N) is 4. The molecular formula is C19H35N7O8. The number of nitrogens with one attached hydrogen (secondary N) is 3. The summed E-state index contributed by atoms with van der Waals surface area (Å²) in [7, 11) is 1.52. The van der Waals surface area contributed by atoms with Gasteiger partial charge in [0.2, 0.25) is 5.91 Å². The Bertz CT molecular complexity index is 676. The van der Waals surface area contributed by atoms with Crippen LogP contribution in [-0.2, 0) is 24.0 Å². The van der Waals surface area contributed by atoms with Gasteiger partial charge in [-0.05, 0) is 0 Å². The molecule has 1 rings (SSSR count). The summed E-state index contributed by atoms with van der Waals surface area (Å²) in [4.78, 5) is 64.4. The largest absolute Gasteiger partial charge is 0.480 e. The molecule has 0 aliphatic carbocycles. The molecule has 0 unspecified atom stereocenters. The fourth-order valence-corrected chi connectivity index (χ4v) is 3.41. The molecule has 6 N–H and O–H groups in total. The normalized spacial score (nSPS) is 17.8. The van der Waals surface area contributed by atoms with Gasteiger partial charge >= 0.3 is 17.9 Å². The Morgan fingerprint density at radius 3 is 1.21 bits per heavy atom.